The van der Waals surface area contributed by atoms with Gasteiger partial charge in [-0.25, -0.2) is 4.79 Å². The van der Waals surface area contributed by atoms with Crippen LogP contribution in [0.25, 0.3) is 0 Å². The Balaban J connectivity index is 1.60. The van der Waals surface area contributed by atoms with E-state index in [-0.39, 0.29) is 11.3 Å². The van der Waals surface area contributed by atoms with Crippen molar-refractivity contribution in [1.82, 2.24) is 0 Å². The summed E-state index contributed by atoms with van der Waals surface area (Å²) in [5.41, 5.74) is 3.69. The molecule has 0 amide bonds. The maximum atomic E-state index is 12.0. The molecule has 0 saturated heterocycles. The number of carbonyl (C=O) groups is 1. The highest BCUT2D eigenvalue weighted by Crippen LogP contribution is 2.27. The van der Waals surface area contributed by atoms with E-state index in [0.717, 1.165) is 24.2 Å². The normalized spacial score (nSPS) is 11.2. The second-order valence-corrected chi connectivity index (χ2v) is 7.52. The first kappa shape index (κ1) is 23.6. The molecule has 0 unspecified atom stereocenters. The van der Waals surface area contributed by atoms with E-state index in [2.05, 4.69) is 20.5 Å². The quantitative estimate of drug-likeness (QED) is 0.213. The zero-order chi connectivity index (χ0) is 23.6. The Morgan fingerprint density at radius 3 is 1.79 bits per heavy atom. The second-order valence-electron chi connectivity index (χ2n) is 7.52. The molecule has 3 aromatic rings. The van der Waals surface area contributed by atoms with Gasteiger partial charge in [0.1, 0.15) is 11.3 Å². The number of azo groups is 2. The minimum Gasteiger partial charge on any atom is -0.507 e. The fraction of sp³-hybridized carbons (Fsp3) is 0.240. The predicted molar refractivity (Wildman–Crippen MR) is 129 cm³/mol. The Hall–Kier alpha value is -4.07. The van der Waals surface area contributed by atoms with Crippen LogP contribution in [0.15, 0.2) is 87.2 Å². The highest BCUT2D eigenvalue weighted by atomic mass is 16.5. The number of phenolic OH excluding ortho intramolecular Hbond substituents is 1. The van der Waals surface area contributed by atoms with Gasteiger partial charge >= 0.3 is 5.97 Å². The van der Waals surface area contributed by atoms with Crippen molar-refractivity contribution in [3.05, 3.63) is 72.3 Å². The summed E-state index contributed by atoms with van der Waals surface area (Å²) in [7, 11) is 3.97. The number of unbranched alkanes of at least 4 members (excludes halogenated alkanes) is 1. The van der Waals surface area contributed by atoms with Crippen LogP contribution in [0, 0.1) is 0 Å². The van der Waals surface area contributed by atoms with E-state index in [1.807, 2.05) is 50.2 Å². The van der Waals surface area contributed by atoms with Gasteiger partial charge < -0.3 is 14.7 Å². The van der Waals surface area contributed by atoms with Crippen molar-refractivity contribution in [3.63, 3.8) is 0 Å². The number of hydrogen-bond acceptors (Lipinski definition) is 8. The molecule has 33 heavy (non-hydrogen) atoms. The fourth-order valence-corrected chi connectivity index (χ4v) is 2.78. The lowest BCUT2D eigenvalue weighted by molar-refractivity contribution is 0.0496. The van der Waals surface area contributed by atoms with Crippen LogP contribution < -0.4 is 4.90 Å². The molecule has 3 rings (SSSR count). The van der Waals surface area contributed by atoms with Crippen LogP contribution in [0.4, 0.5) is 28.4 Å². The summed E-state index contributed by atoms with van der Waals surface area (Å²) in [6.45, 7) is 2.34. The molecule has 0 atom stereocenters. The number of phenols is 1. The van der Waals surface area contributed by atoms with Gasteiger partial charge in [0.05, 0.1) is 29.4 Å². The van der Waals surface area contributed by atoms with Crippen LogP contribution in [0.1, 0.15) is 30.1 Å². The summed E-state index contributed by atoms with van der Waals surface area (Å²) < 4.78 is 5.12. The summed E-state index contributed by atoms with van der Waals surface area (Å²) >= 11 is 0. The molecule has 0 bridgehead atoms. The van der Waals surface area contributed by atoms with E-state index in [1.54, 1.807) is 30.3 Å². The monoisotopic (exact) mass is 445 g/mol. The molecule has 0 saturated carbocycles. The highest BCUT2D eigenvalue weighted by molar-refractivity contribution is 5.92. The van der Waals surface area contributed by atoms with Crippen molar-refractivity contribution >= 4 is 34.4 Å². The number of benzene rings is 3. The standard InChI is InChI=1S/C25H27N5O3/c1-4-5-16-33-25(32)23-15-12-21(17-24(23)31)29-28-19-8-6-18(7-9-19)26-27-20-10-13-22(14-11-20)30(2)3/h6-15,17,31H,4-5,16H2,1-3H3/b27-26+,29-28+. The maximum Gasteiger partial charge on any atom is 0.341 e. The van der Waals surface area contributed by atoms with Gasteiger partial charge in [0.2, 0.25) is 0 Å². The van der Waals surface area contributed by atoms with Gasteiger partial charge in [0, 0.05) is 25.8 Å². The molecule has 1 N–H and O–H groups in total. The van der Waals surface area contributed by atoms with Crippen molar-refractivity contribution in [2.75, 3.05) is 25.6 Å². The summed E-state index contributed by atoms with van der Waals surface area (Å²) in [6, 6.07) is 19.4. The third-order valence-electron chi connectivity index (χ3n) is 4.71. The van der Waals surface area contributed by atoms with Gasteiger partial charge in [-0.2, -0.15) is 20.5 Å². The average Bonchev–Trinajstić information content (AvgIpc) is 2.82. The van der Waals surface area contributed by atoms with Crippen molar-refractivity contribution in [2.24, 2.45) is 20.5 Å². The van der Waals surface area contributed by atoms with E-state index in [0.29, 0.717) is 23.7 Å². The first-order valence-electron chi connectivity index (χ1n) is 10.7. The Bertz CT molecular complexity index is 1120. The highest BCUT2D eigenvalue weighted by Gasteiger charge is 2.13. The summed E-state index contributed by atoms with van der Waals surface area (Å²) in [6.07, 6.45) is 1.70. The number of aromatic hydroxyl groups is 1. The predicted octanol–water partition coefficient (Wildman–Crippen LogP) is 7.25. The van der Waals surface area contributed by atoms with Crippen LogP contribution in [0.5, 0.6) is 5.75 Å². The average molecular weight is 446 g/mol. The number of rotatable bonds is 9. The van der Waals surface area contributed by atoms with E-state index in [9.17, 15) is 9.90 Å². The molecule has 0 heterocycles. The lowest BCUT2D eigenvalue weighted by atomic mass is 10.2. The summed E-state index contributed by atoms with van der Waals surface area (Å²) in [5.74, 6) is -0.745. The van der Waals surface area contributed by atoms with Crippen LogP contribution in [-0.4, -0.2) is 31.8 Å². The van der Waals surface area contributed by atoms with Gasteiger partial charge in [0.15, 0.2) is 0 Å². The largest absolute Gasteiger partial charge is 0.507 e. The lowest BCUT2D eigenvalue weighted by Crippen LogP contribution is -2.07. The molecule has 8 heteroatoms. The van der Waals surface area contributed by atoms with Crippen molar-refractivity contribution < 1.29 is 14.6 Å². The van der Waals surface area contributed by atoms with Gasteiger partial charge in [0.25, 0.3) is 0 Å². The minimum atomic E-state index is -0.553. The third-order valence-corrected chi connectivity index (χ3v) is 4.71. The minimum absolute atomic E-state index is 0.108. The molecule has 170 valence electrons. The molecule has 3 aromatic carbocycles. The molecule has 8 nitrogen and oxygen atoms in total. The summed E-state index contributed by atoms with van der Waals surface area (Å²) in [5, 5.41) is 26.9. The Labute approximate surface area is 193 Å². The molecule has 0 aromatic heterocycles. The molecular formula is C25H27N5O3. The third kappa shape index (κ3) is 6.96. The van der Waals surface area contributed by atoms with E-state index >= 15 is 0 Å². The molecule has 0 aliphatic carbocycles. The Morgan fingerprint density at radius 1 is 0.818 bits per heavy atom. The van der Waals surface area contributed by atoms with E-state index in [4.69, 9.17) is 4.74 Å². The van der Waals surface area contributed by atoms with Crippen LogP contribution in [-0.2, 0) is 4.74 Å². The van der Waals surface area contributed by atoms with Gasteiger partial charge in [-0.3, -0.25) is 0 Å². The zero-order valence-corrected chi connectivity index (χ0v) is 19.0. The van der Waals surface area contributed by atoms with Crippen molar-refractivity contribution in [1.29, 1.82) is 0 Å². The smallest absolute Gasteiger partial charge is 0.341 e. The van der Waals surface area contributed by atoms with Crippen molar-refractivity contribution in [3.8, 4) is 5.75 Å². The number of hydrogen-bond donors (Lipinski definition) is 1. The van der Waals surface area contributed by atoms with E-state index < -0.39 is 5.97 Å². The number of ether oxygens (including phenoxy) is 1. The van der Waals surface area contributed by atoms with Gasteiger partial charge in [-0.1, -0.05) is 13.3 Å². The van der Waals surface area contributed by atoms with Crippen LogP contribution >= 0.6 is 0 Å². The Morgan fingerprint density at radius 2 is 1.30 bits per heavy atom. The lowest BCUT2D eigenvalue weighted by Gasteiger charge is -2.11. The molecule has 0 spiro atoms. The number of carbonyl (C=O) groups excluding carboxylic acids is 1. The van der Waals surface area contributed by atoms with Crippen LogP contribution in [0.3, 0.4) is 0 Å². The van der Waals surface area contributed by atoms with Gasteiger partial charge in [-0.15, -0.1) is 0 Å². The van der Waals surface area contributed by atoms with Crippen molar-refractivity contribution in [2.45, 2.75) is 19.8 Å². The maximum absolute atomic E-state index is 12.0. The zero-order valence-electron chi connectivity index (χ0n) is 19.0. The SMILES string of the molecule is CCCCOC(=O)c1ccc(/N=N/c2ccc(/N=N/c3ccc(N(C)C)cc3)cc2)cc1O. The van der Waals surface area contributed by atoms with Crippen LogP contribution in [0.2, 0.25) is 0 Å². The number of nitrogens with zero attached hydrogens (tertiary/aromatic N) is 5. The van der Waals surface area contributed by atoms with Gasteiger partial charge in [-0.05, 0) is 67.1 Å². The first-order valence-corrected chi connectivity index (χ1v) is 10.7. The van der Waals surface area contributed by atoms with E-state index in [1.165, 1.54) is 12.1 Å². The molecule has 0 aliphatic rings. The number of anilines is 1. The molecule has 0 aliphatic heterocycles. The number of esters is 1. The first-order chi connectivity index (χ1) is 16.0. The Kier molecular flexibility index (Phi) is 8.24. The molecule has 0 fully saturated rings. The topological polar surface area (TPSA) is 99.2 Å². The summed E-state index contributed by atoms with van der Waals surface area (Å²) in [4.78, 5) is 14.0. The second kappa shape index (κ2) is 11.5. The molecule has 0 radical (unpaired) electrons. The molecular weight excluding hydrogens is 418 g/mol. The fourth-order valence-electron chi connectivity index (χ4n) is 2.78.